The number of hydrogen-bond donors (Lipinski definition) is 0. The van der Waals surface area contributed by atoms with E-state index in [4.69, 9.17) is 0 Å². The lowest BCUT2D eigenvalue weighted by Gasteiger charge is -2.07. The van der Waals surface area contributed by atoms with Crippen molar-refractivity contribution in [2.75, 3.05) is 0 Å². The van der Waals surface area contributed by atoms with Crippen LogP contribution in [-0.4, -0.2) is 19.7 Å². The van der Waals surface area contributed by atoms with Crippen LogP contribution in [0.1, 0.15) is 23.2 Å². The topological polar surface area (TPSA) is 43.6 Å². The van der Waals surface area contributed by atoms with Gasteiger partial charge >= 0.3 is 0 Å². The quantitative estimate of drug-likeness (QED) is 0.653. The van der Waals surface area contributed by atoms with E-state index in [1.807, 2.05) is 6.92 Å². The van der Waals surface area contributed by atoms with Crippen LogP contribution in [0, 0.1) is 13.8 Å². The van der Waals surface area contributed by atoms with Gasteiger partial charge in [0, 0.05) is 23.2 Å². The first-order chi connectivity index (χ1) is 10.7. The third kappa shape index (κ3) is 3.23. The second-order valence-corrected chi connectivity index (χ2v) is 7.07. The van der Waals surface area contributed by atoms with Crippen LogP contribution in [0.5, 0.6) is 0 Å². The maximum Gasteiger partial charge on any atom is 0.191 e. The first kappa shape index (κ1) is 15.2. The van der Waals surface area contributed by atoms with Gasteiger partial charge in [0.15, 0.2) is 11.0 Å². The summed E-state index contributed by atoms with van der Waals surface area (Å²) in [4.78, 5) is 4.50. The third-order valence-corrected chi connectivity index (χ3v) is 5.15. The standard InChI is InChI=1S/C16H18N4S2/c1-4-20-15(13-7-5-6-11(2)8-13)18-19-16(20)22-10-14-9-21-12(3)17-14/h5-9H,4,10H2,1-3H3. The van der Waals surface area contributed by atoms with Crippen LogP contribution < -0.4 is 0 Å². The molecule has 0 saturated carbocycles. The van der Waals surface area contributed by atoms with Crippen molar-refractivity contribution in [2.24, 2.45) is 0 Å². The minimum Gasteiger partial charge on any atom is -0.302 e. The molecule has 0 spiro atoms. The zero-order valence-corrected chi connectivity index (χ0v) is 14.5. The van der Waals surface area contributed by atoms with E-state index >= 15 is 0 Å². The molecular formula is C16H18N4S2. The van der Waals surface area contributed by atoms with Crippen molar-refractivity contribution in [3.8, 4) is 11.4 Å². The first-order valence-electron chi connectivity index (χ1n) is 7.21. The molecule has 1 aromatic carbocycles. The highest BCUT2D eigenvalue weighted by atomic mass is 32.2. The number of nitrogens with zero attached hydrogens (tertiary/aromatic N) is 4. The molecule has 3 rings (SSSR count). The fourth-order valence-electron chi connectivity index (χ4n) is 2.29. The highest BCUT2D eigenvalue weighted by Gasteiger charge is 2.13. The summed E-state index contributed by atoms with van der Waals surface area (Å²) in [5.74, 6) is 1.76. The number of hydrogen-bond acceptors (Lipinski definition) is 5. The van der Waals surface area contributed by atoms with E-state index in [1.54, 1.807) is 23.1 Å². The lowest BCUT2D eigenvalue weighted by molar-refractivity contribution is 0.687. The largest absolute Gasteiger partial charge is 0.302 e. The summed E-state index contributed by atoms with van der Waals surface area (Å²) in [6.45, 7) is 7.11. The molecule has 0 atom stereocenters. The molecule has 0 unspecified atom stereocenters. The second-order valence-electron chi connectivity index (χ2n) is 5.07. The number of benzene rings is 1. The molecular weight excluding hydrogens is 312 g/mol. The SMILES string of the molecule is CCn1c(SCc2csc(C)n2)nnc1-c1cccc(C)c1. The monoisotopic (exact) mass is 330 g/mol. The molecule has 114 valence electrons. The highest BCUT2D eigenvalue weighted by Crippen LogP contribution is 2.27. The van der Waals surface area contributed by atoms with Gasteiger partial charge in [0.2, 0.25) is 0 Å². The predicted molar refractivity (Wildman–Crippen MR) is 92.3 cm³/mol. The Labute approximate surface area is 138 Å². The number of rotatable bonds is 5. The molecule has 0 bridgehead atoms. The van der Waals surface area contributed by atoms with Crippen LogP contribution in [0.25, 0.3) is 11.4 Å². The van der Waals surface area contributed by atoms with E-state index in [-0.39, 0.29) is 0 Å². The third-order valence-electron chi connectivity index (χ3n) is 3.33. The van der Waals surface area contributed by atoms with Crippen molar-refractivity contribution in [1.82, 2.24) is 19.7 Å². The summed E-state index contributed by atoms with van der Waals surface area (Å²) >= 11 is 3.38. The molecule has 0 radical (unpaired) electrons. The molecule has 2 aromatic heterocycles. The average Bonchev–Trinajstić information content (AvgIpc) is 3.10. The van der Waals surface area contributed by atoms with Crippen molar-refractivity contribution >= 4 is 23.1 Å². The van der Waals surface area contributed by atoms with Gasteiger partial charge in [-0.3, -0.25) is 0 Å². The number of aryl methyl sites for hydroxylation is 2. The smallest absolute Gasteiger partial charge is 0.191 e. The lowest BCUT2D eigenvalue weighted by Crippen LogP contribution is -2.00. The summed E-state index contributed by atoms with van der Waals surface area (Å²) in [6.07, 6.45) is 0. The van der Waals surface area contributed by atoms with Crippen LogP contribution in [-0.2, 0) is 12.3 Å². The van der Waals surface area contributed by atoms with Gasteiger partial charge < -0.3 is 4.57 Å². The summed E-state index contributed by atoms with van der Waals surface area (Å²) in [5.41, 5.74) is 3.45. The molecule has 0 saturated heterocycles. The molecule has 0 amide bonds. The van der Waals surface area contributed by atoms with E-state index in [9.17, 15) is 0 Å². The Bertz CT molecular complexity index is 776. The Morgan fingerprint density at radius 1 is 1.23 bits per heavy atom. The van der Waals surface area contributed by atoms with Gasteiger partial charge in [-0.1, -0.05) is 35.5 Å². The molecule has 3 aromatic rings. The summed E-state index contributed by atoms with van der Waals surface area (Å²) in [5, 5.41) is 12.9. The van der Waals surface area contributed by atoms with Gasteiger partial charge in [-0.2, -0.15) is 0 Å². The lowest BCUT2D eigenvalue weighted by atomic mass is 10.1. The second kappa shape index (κ2) is 6.62. The maximum atomic E-state index is 4.50. The zero-order valence-electron chi connectivity index (χ0n) is 12.9. The predicted octanol–water partition coefficient (Wildman–Crippen LogP) is 4.33. The van der Waals surface area contributed by atoms with E-state index in [1.165, 1.54) is 5.56 Å². The van der Waals surface area contributed by atoms with Gasteiger partial charge in [-0.15, -0.1) is 21.5 Å². The minimum absolute atomic E-state index is 0.830. The average molecular weight is 330 g/mol. The van der Waals surface area contributed by atoms with Crippen LogP contribution >= 0.6 is 23.1 Å². The van der Waals surface area contributed by atoms with Crippen molar-refractivity contribution in [3.05, 3.63) is 45.9 Å². The Morgan fingerprint density at radius 3 is 2.77 bits per heavy atom. The normalized spacial score (nSPS) is 11.0. The fraction of sp³-hybridized carbons (Fsp3) is 0.312. The van der Waals surface area contributed by atoms with E-state index < -0.39 is 0 Å². The maximum absolute atomic E-state index is 4.50. The van der Waals surface area contributed by atoms with Gasteiger partial charge in [-0.25, -0.2) is 4.98 Å². The van der Waals surface area contributed by atoms with Gasteiger partial charge in [0.05, 0.1) is 10.7 Å². The van der Waals surface area contributed by atoms with Crippen molar-refractivity contribution < 1.29 is 0 Å². The van der Waals surface area contributed by atoms with E-state index in [0.717, 1.165) is 39.5 Å². The fourth-order valence-corrected chi connectivity index (χ4v) is 3.90. The molecule has 22 heavy (non-hydrogen) atoms. The number of aromatic nitrogens is 4. The molecule has 2 heterocycles. The van der Waals surface area contributed by atoms with Crippen molar-refractivity contribution in [1.29, 1.82) is 0 Å². The highest BCUT2D eigenvalue weighted by molar-refractivity contribution is 7.98. The molecule has 0 aliphatic carbocycles. The molecule has 0 N–H and O–H groups in total. The summed E-state index contributed by atoms with van der Waals surface area (Å²) < 4.78 is 2.17. The van der Waals surface area contributed by atoms with E-state index in [2.05, 4.69) is 63.2 Å². The summed E-state index contributed by atoms with van der Waals surface area (Å²) in [6, 6.07) is 8.39. The molecule has 4 nitrogen and oxygen atoms in total. The van der Waals surface area contributed by atoms with Crippen LogP contribution in [0.3, 0.4) is 0 Å². The van der Waals surface area contributed by atoms with Gasteiger partial charge in [-0.05, 0) is 26.8 Å². The van der Waals surface area contributed by atoms with Crippen LogP contribution in [0.4, 0.5) is 0 Å². The van der Waals surface area contributed by atoms with Crippen LogP contribution in [0.2, 0.25) is 0 Å². The number of thiazole rings is 1. The Hall–Kier alpha value is -1.66. The van der Waals surface area contributed by atoms with E-state index in [0.29, 0.717) is 0 Å². The molecule has 0 aliphatic heterocycles. The minimum atomic E-state index is 0.830. The zero-order chi connectivity index (χ0) is 15.5. The van der Waals surface area contributed by atoms with Crippen molar-refractivity contribution in [3.63, 3.8) is 0 Å². The number of thioether (sulfide) groups is 1. The van der Waals surface area contributed by atoms with Crippen LogP contribution in [0.15, 0.2) is 34.8 Å². The molecule has 0 fully saturated rings. The summed E-state index contributed by atoms with van der Waals surface area (Å²) in [7, 11) is 0. The van der Waals surface area contributed by atoms with Gasteiger partial charge in [0.1, 0.15) is 0 Å². The Kier molecular flexibility index (Phi) is 4.59. The first-order valence-corrected chi connectivity index (χ1v) is 9.08. The molecule has 0 aliphatic rings. The van der Waals surface area contributed by atoms with Gasteiger partial charge in [0.25, 0.3) is 0 Å². The van der Waals surface area contributed by atoms with Crippen molar-refractivity contribution in [2.45, 2.75) is 38.2 Å². The molecule has 6 heteroatoms. The Balaban J connectivity index is 1.84. The Morgan fingerprint density at radius 2 is 2.09 bits per heavy atom.